The minimum atomic E-state index is -0.620. The molecule has 16 heavy (non-hydrogen) atoms. The second-order valence-electron chi connectivity index (χ2n) is 3.42. The normalized spacial score (nSPS) is 11.7. The molecule has 1 atom stereocenters. The summed E-state index contributed by atoms with van der Waals surface area (Å²) in [5.74, 6) is -0.622. The zero-order valence-corrected chi connectivity index (χ0v) is 9.64. The van der Waals surface area contributed by atoms with Gasteiger partial charge in [0.15, 0.2) is 0 Å². The van der Waals surface area contributed by atoms with Crippen molar-refractivity contribution in [2.24, 2.45) is 0 Å². The fraction of sp³-hybridized carbons (Fsp3) is 0.333. The van der Waals surface area contributed by atoms with E-state index in [0.29, 0.717) is 5.69 Å². The molecule has 1 aromatic carbocycles. The summed E-state index contributed by atoms with van der Waals surface area (Å²) in [6, 6.07) is 8.42. The maximum absolute atomic E-state index is 11.5. The van der Waals surface area contributed by atoms with Gasteiger partial charge in [-0.25, -0.2) is 4.79 Å². The van der Waals surface area contributed by atoms with Gasteiger partial charge in [-0.2, -0.15) is 0 Å². The Morgan fingerprint density at radius 3 is 2.25 bits per heavy atom. The van der Waals surface area contributed by atoms with Gasteiger partial charge in [0.25, 0.3) is 0 Å². The van der Waals surface area contributed by atoms with Crippen molar-refractivity contribution in [3.05, 3.63) is 30.3 Å². The maximum Gasteiger partial charge on any atom is 0.328 e. The van der Waals surface area contributed by atoms with Crippen molar-refractivity contribution in [3.8, 4) is 0 Å². The number of esters is 1. The number of para-hydroxylation sites is 1. The average Bonchev–Trinajstić information content (AvgIpc) is 2.29. The predicted molar refractivity (Wildman–Crippen MR) is 61.1 cm³/mol. The number of methoxy groups -OCH3 is 1. The summed E-state index contributed by atoms with van der Waals surface area (Å²) in [6.07, 6.45) is 0. The Bertz CT molecular complexity index is 375. The van der Waals surface area contributed by atoms with Crippen molar-refractivity contribution in [2.45, 2.75) is 19.9 Å². The number of anilines is 1. The zero-order chi connectivity index (χ0) is 12.1. The molecule has 0 saturated carbocycles. The zero-order valence-electron chi connectivity index (χ0n) is 9.64. The van der Waals surface area contributed by atoms with Crippen molar-refractivity contribution >= 4 is 17.6 Å². The molecule has 0 heterocycles. The molecule has 1 unspecified atom stereocenters. The fourth-order valence-corrected chi connectivity index (χ4v) is 1.54. The highest BCUT2D eigenvalue weighted by molar-refractivity contribution is 5.97. The van der Waals surface area contributed by atoms with Crippen molar-refractivity contribution in [1.82, 2.24) is 0 Å². The molecule has 0 saturated heterocycles. The van der Waals surface area contributed by atoms with Crippen LogP contribution in [0.2, 0.25) is 0 Å². The first kappa shape index (κ1) is 12.2. The van der Waals surface area contributed by atoms with E-state index in [1.165, 1.54) is 18.9 Å². The Labute approximate surface area is 94.8 Å². The van der Waals surface area contributed by atoms with Crippen LogP contribution in [0.4, 0.5) is 5.69 Å². The molecule has 1 amide bonds. The molecule has 1 aromatic rings. The first-order valence-electron chi connectivity index (χ1n) is 5.00. The number of ether oxygens (including phenoxy) is 1. The van der Waals surface area contributed by atoms with Crippen LogP contribution in [0.15, 0.2) is 30.3 Å². The van der Waals surface area contributed by atoms with Gasteiger partial charge in [0.05, 0.1) is 7.11 Å². The van der Waals surface area contributed by atoms with E-state index in [0.717, 1.165) is 0 Å². The maximum atomic E-state index is 11.5. The second kappa shape index (κ2) is 5.30. The van der Waals surface area contributed by atoms with E-state index < -0.39 is 12.0 Å². The summed E-state index contributed by atoms with van der Waals surface area (Å²) in [7, 11) is 1.31. The van der Waals surface area contributed by atoms with Crippen LogP contribution in [-0.2, 0) is 14.3 Å². The van der Waals surface area contributed by atoms with Gasteiger partial charge >= 0.3 is 5.97 Å². The molecule has 0 N–H and O–H groups in total. The third-order valence-electron chi connectivity index (χ3n) is 2.30. The Morgan fingerprint density at radius 2 is 1.81 bits per heavy atom. The van der Waals surface area contributed by atoms with Crippen molar-refractivity contribution < 1.29 is 14.3 Å². The minimum absolute atomic E-state index is 0.191. The van der Waals surface area contributed by atoms with Crippen LogP contribution in [0.25, 0.3) is 0 Å². The molecular formula is C12H15NO3. The lowest BCUT2D eigenvalue weighted by Gasteiger charge is -2.26. The van der Waals surface area contributed by atoms with Gasteiger partial charge in [-0.15, -0.1) is 0 Å². The molecule has 1 rings (SSSR count). The third kappa shape index (κ3) is 2.59. The lowest BCUT2D eigenvalue weighted by molar-refractivity contribution is -0.142. The van der Waals surface area contributed by atoms with Crippen LogP contribution >= 0.6 is 0 Å². The Morgan fingerprint density at radius 1 is 1.25 bits per heavy atom. The van der Waals surface area contributed by atoms with E-state index in [1.54, 1.807) is 19.1 Å². The number of carbonyl (C=O) groups is 2. The highest BCUT2D eigenvalue weighted by Crippen LogP contribution is 2.17. The number of amides is 1. The van der Waals surface area contributed by atoms with Gasteiger partial charge in [0, 0.05) is 12.6 Å². The lowest BCUT2D eigenvalue weighted by Crippen LogP contribution is -2.42. The topological polar surface area (TPSA) is 46.6 Å². The molecule has 0 radical (unpaired) electrons. The van der Waals surface area contributed by atoms with Crippen molar-refractivity contribution in [3.63, 3.8) is 0 Å². The van der Waals surface area contributed by atoms with Gasteiger partial charge in [0.2, 0.25) is 5.91 Å². The van der Waals surface area contributed by atoms with E-state index >= 15 is 0 Å². The molecule has 0 fully saturated rings. The highest BCUT2D eigenvalue weighted by atomic mass is 16.5. The van der Waals surface area contributed by atoms with Crippen molar-refractivity contribution in [2.75, 3.05) is 12.0 Å². The molecule has 0 spiro atoms. The smallest absolute Gasteiger partial charge is 0.328 e. The van der Waals surface area contributed by atoms with Crippen LogP contribution in [0.3, 0.4) is 0 Å². The summed E-state index contributed by atoms with van der Waals surface area (Å²) >= 11 is 0. The Kier molecular flexibility index (Phi) is 4.05. The molecule has 4 heteroatoms. The van der Waals surface area contributed by atoms with Gasteiger partial charge in [-0.3, -0.25) is 9.69 Å². The van der Waals surface area contributed by atoms with E-state index in [4.69, 9.17) is 0 Å². The second-order valence-corrected chi connectivity index (χ2v) is 3.42. The molecular weight excluding hydrogens is 206 g/mol. The molecule has 4 nitrogen and oxygen atoms in total. The summed E-state index contributed by atoms with van der Waals surface area (Å²) < 4.78 is 4.63. The van der Waals surface area contributed by atoms with Gasteiger partial charge in [-0.1, -0.05) is 18.2 Å². The Balaban J connectivity index is 3.01. The van der Waals surface area contributed by atoms with Gasteiger partial charge in [0.1, 0.15) is 6.04 Å². The largest absolute Gasteiger partial charge is 0.467 e. The first-order valence-corrected chi connectivity index (χ1v) is 5.00. The average molecular weight is 221 g/mol. The summed E-state index contributed by atoms with van der Waals surface area (Å²) in [5.41, 5.74) is 0.688. The van der Waals surface area contributed by atoms with E-state index in [-0.39, 0.29) is 5.91 Å². The predicted octanol–water partition coefficient (Wildman–Crippen LogP) is 1.60. The first-order chi connectivity index (χ1) is 7.57. The van der Waals surface area contributed by atoms with Gasteiger partial charge in [-0.05, 0) is 19.1 Å². The van der Waals surface area contributed by atoms with Gasteiger partial charge < -0.3 is 4.74 Å². The molecule has 0 aliphatic rings. The quantitative estimate of drug-likeness (QED) is 0.728. The van der Waals surface area contributed by atoms with E-state index in [9.17, 15) is 9.59 Å². The molecule has 0 bridgehead atoms. The monoisotopic (exact) mass is 221 g/mol. The number of nitrogens with zero attached hydrogens (tertiary/aromatic N) is 1. The number of carbonyl (C=O) groups excluding carboxylic acids is 2. The van der Waals surface area contributed by atoms with Crippen molar-refractivity contribution in [1.29, 1.82) is 0 Å². The molecule has 86 valence electrons. The third-order valence-corrected chi connectivity index (χ3v) is 2.30. The SMILES string of the molecule is COC(=O)C(C)N(C(C)=O)c1ccccc1. The highest BCUT2D eigenvalue weighted by Gasteiger charge is 2.25. The van der Waals surface area contributed by atoms with Crippen LogP contribution in [-0.4, -0.2) is 25.0 Å². The Hall–Kier alpha value is -1.84. The van der Waals surface area contributed by atoms with E-state index in [2.05, 4.69) is 4.74 Å². The van der Waals surface area contributed by atoms with Crippen LogP contribution in [0.5, 0.6) is 0 Å². The molecule has 0 aliphatic heterocycles. The van der Waals surface area contributed by atoms with E-state index in [1.807, 2.05) is 18.2 Å². The summed E-state index contributed by atoms with van der Waals surface area (Å²) in [4.78, 5) is 24.3. The number of hydrogen-bond donors (Lipinski definition) is 0. The van der Waals surface area contributed by atoms with Crippen LogP contribution in [0, 0.1) is 0 Å². The standard InChI is InChI=1S/C12H15NO3/c1-9(12(15)16-3)13(10(2)14)11-7-5-4-6-8-11/h4-9H,1-3H3. The molecule has 0 aliphatic carbocycles. The number of rotatable bonds is 3. The molecule has 0 aromatic heterocycles. The number of benzene rings is 1. The van der Waals surface area contributed by atoms with Crippen LogP contribution in [0.1, 0.15) is 13.8 Å². The van der Waals surface area contributed by atoms with Crippen LogP contribution < -0.4 is 4.90 Å². The summed E-state index contributed by atoms with van der Waals surface area (Å²) in [6.45, 7) is 3.06. The fourth-order valence-electron chi connectivity index (χ4n) is 1.54. The lowest BCUT2D eigenvalue weighted by atomic mass is 10.2. The number of hydrogen-bond acceptors (Lipinski definition) is 3. The summed E-state index contributed by atoms with van der Waals surface area (Å²) in [5, 5.41) is 0. The minimum Gasteiger partial charge on any atom is -0.467 e.